The lowest BCUT2D eigenvalue weighted by molar-refractivity contribution is 0.297. The topological polar surface area (TPSA) is 35.2 Å². The van der Waals surface area contributed by atoms with Gasteiger partial charge in [0.2, 0.25) is 0 Å². The minimum Gasteiger partial charge on any atom is -0.494 e. The SMILES string of the molecule is Cc1cccc(OCCC(N)Cc2ccccc2)c1. The molecule has 0 bridgehead atoms. The molecule has 0 saturated carbocycles. The van der Waals surface area contributed by atoms with Gasteiger partial charge in [-0.2, -0.15) is 0 Å². The van der Waals surface area contributed by atoms with Crippen molar-refractivity contribution >= 4 is 0 Å². The molecule has 0 aromatic heterocycles. The minimum absolute atomic E-state index is 0.146. The third kappa shape index (κ3) is 4.76. The summed E-state index contributed by atoms with van der Waals surface area (Å²) in [6.45, 7) is 2.73. The lowest BCUT2D eigenvalue weighted by atomic mass is 10.0. The van der Waals surface area contributed by atoms with E-state index in [-0.39, 0.29) is 6.04 Å². The van der Waals surface area contributed by atoms with Gasteiger partial charge in [0.15, 0.2) is 0 Å². The smallest absolute Gasteiger partial charge is 0.119 e. The van der Waals surface area contributed by atoms with Crippen LogP contribution in [0.25, 0.3) is 0 Å². The number of hydrogen-bond acceptors (Lipinski definition) is 2. The molecule has 0 aliphatic carbocycles. The minimum atomic E-state index is 0.146. The van der Waals surface area contributed by atoms with Crippen molar-refractivity contribution < 1.29 is 4.74 Å². The molecule has 2 rings (SSSR count). The van der Waals surface area contributed by atoms with Gasteiger partial charge in [-0.3, -0.25) is 0 Å². The first-order valence-electron chi connectivity index (χ1n) is 6.73. The number of nitrogens with two attached hydrogens (primary N) is 1. The normalized spacial score (nSPS) is 12.1. The molecular formula is C17H21NO. The van der Waals surface area contributed by atoms with E-state index in [0.29, 0.717) is 6.61 Å². The Morgan fingerprint density at radius 3 is 2.58 bits per heavy atom. The fourth-order valence-corrected chi connectivity index (χ4v) is 2.05. The average Bonchev–Trinajstić information content (AvgIpc) is 2.40. The largest absolute Gasteiger partial charge is 0.494 e. The Balaban J connectivity index is 1.73. The maximum absolute atomic E-state index is 6.12. The molecular weight excluding hydrogens is 234 g/mol. The highest BCUT2D eigenvalue weighted by Crippen LogP contribution is 2.13. The first-order valence-corrected chi connectivity index (χ1v) is 6.73. The average molecular weight is 255 g/mol. The standard InChI is InChI=1S/C17H21NO/c1-14-6-5-9-17(12-14)19-11-10-16(18)13-15-7-3-2-4-8-15/h2-9,12,16H,10-11,13,18H2,1H3. The molecule has 2 aromatic rings. The van der Waals surface area contributed by atoms with Gasteiger partial charge in [-0.25, -0.2) is 0 Å². The highest BCUT2D eigenvalue weighted by atomic mass is 16.5. The fourth-order valence-electron chi connectivity index (χ4n) is 2.05. The number of aryl methyl sites for hydroxylation is 1. The Labute approximate surface area is 115 Å². The quantitative estimate of drug-likeness (QED) is 0.859. The van der Waals surface area contributed by atoms with E-state index in [2.05, 4.69) is 25.1 Å². The Kier molecular flexibility index (Phi) is 4.99. The van der Waals surface area contributed by atoms with Gasteiger partial charge in [-0.15, -0.1) is 0 Å². The molecule has 19 heavy (non-hydrogen) atoms. The van der Waals surface area contributed by atoms with Gasteiger partial charge in [0.05, 0.1) is 6.61 Å². The van der Waals surface area contributed by atoms with E-state index in [1.165, 1.54) is 11.1 Å². The Hall–Kier alpha value is -1.80. The first kappa shape index (κ1) is 13.6. The summed E-state index contributed by atoms with van der Waals surface area (Å²) in [6, 6.07) is 18.6. The third-order valence-electron chi connectivity index (χ3n) is 3.09. The van der Waals surface area contributed by atoms with E-state index >= 15 is 0 Å². The summed E-state index contributed by atoms with van der Waals surface area (Å²) in [5.74, 6) is 0.923. The molecule has 100 valence electrons. The third-order valence-corrected chi connectivity index (χ3v) is 3.09. The van der Waals surface area contributed by atoms with Crippen LogP contribution < -0.4 is 10.5 Å². The van der Waals surface area contributed by atoms with Crippen LogP contribution in [0.1, 0.15) is 17.5 Å². The summed E-state index contributed by atoms with van der Waals surface area (Å²) in [4.78, 5) is 0. The summed E-state index contributed by atoms with van der Waals surface area (Å²) in [5, 5.41) is 0. The summed E-state index contributed by atoms with van der Waals surface area (Å²) in [5.41, 5.74) is 8.62. The predicted octanol–water partition coefficient (Wildman–Crippen LogP) is 3.33. The monoisotopic (exact) mass is 255 g/mol. The highest BCUT2D eigenvalue weighted by molar-refractivity contribution is 5.27. The molecule has 1 atom stereocenters. The molecule has 0 fully saturated rings. The lowest BCUT2D eigenvalue weighted by Crippen LogP contribution is -2.25. The van der Waals surface area contributed by atoms with Gasteiger partial charge in [0.1, 0.15) is 5.75 Å². The van der Waals surface area contributed by atoms with E-state index in [4.69, 9.17) is 10.5 Å². The summed E-state index contributed by atoms with van der Waals surface area (Å²) in [6.07, 6.45) is 1.76. The van der Waals surface area contributed by atoms with Crippen LogP contribution in [-0.4, -0.2) is 12.6 Å². The summed E-state index contributed by atoms with van der Waals surface area (Å²) >= 11 is 0. The Bertz CT molecular complexity index is 496. The molecule has 2 aromatic carbocycles. The fraction of sp³-hybridized carbons (Fsp3) is 0.294. The van der Waals surface area contributed by atoms with E-state index < -0.39 is 0 Å². The highest BCUT2D eigenvalue weighted by Gasteiger charge is 2.04. The zero-order valence-electron chi connectivity index (χ0n) is 11.4. The van der Waals surface area contributed by atoms with Gasteiger partial charge in [-0.1, -0.05) is 42.5 Å². The maximum atomic E-state index is 6.12. The van der Waals surface area contributed by atoms with Gasteiger partial charge in [0, 0.05) is 6.04 Å². The molecule has 0 aliphatic rings. The first-order chi connectivity index (χ1) is 9.24. The van der Waals surface area contributed by atoms with Gasteiger partial charge < -0.3 is 10.5 Å². The van der Waals surface area contributed by atoms with Crippen LogP contribution in [0.2, 0.25) is 0 Å². The van der Waals surface area contributed by atoms with Crippen LogP contribution in [0.5, 0.6) is 5.75 Å². The van der Waals surface area contributed by atoms with Crippen LogP contribution in [-0.2, 0) is 6.42 Å². The second-order valence-electron chi connectivity index (χ2n) is 4.90. The van der Waals surface area contributed by atoms with E-state index in [1.807, 2.05) is 36.4 Å². The molecule has 2 nitrogen and oxygen atoms in total. The van der Waals surface area contributed by atoms with E-state index in [0.717, 1.165) is 18.6 Å². The van der Waals surface area contributed by atoms with Crippen molar-refractivity contribution in [1.29, 1.82) is 0 Å². The Morgan fingerprint density at radius 1 is 1.05 bits per heavy atom. The van der Waals surface area contributed by atoms with Crippen LogP contribution >= 0.6 is 0 Å². The van der Waals surface area contributed by atoms with Crippen LogP contribution in [0.4, 0.5) is 0 Å². The number of hydrogen-bond donors (Lipinski definition) is 1. The summed E-state index contributed by atoms with van der Waals surface area (Å²) < 4.78 is 5.72. The van der Waals surface area contributed by atoms with Crippen molar-refractivity contribution in [3.05, 3.63) is 65.7 Å². The second-order valence-corrected chi connectivity index (χ2v) is 4.90. The number of benzene rings is 2. The van der Waals surface area contributed by atoms with Gasteiger partial charge in [-0.05, 0) is 43.0 Å². The van der Waals surface area contributed by atoms with Crippen molar-refractivity contribution in [2.45, 2.75) is 25.8 Å². The van der Waals surface area contributed by atoms with Crippen LogP contribution in [0.15, 0.2) is 54.6 Å². The van der Waals surface area contributed by atoms with Crippen molar-refractivity contribution in [2.24, 2.45) is 5.73 Å². The molecule has 2 heteroatoms. The molecule has 0 heterocycles. The van der Waals surface area contributed by atoms with Crippen LogP contribution in [0, 0.1) is 6.92 Å². The molecule has 0 radical (unpaired) electrons. The lowest BCUT2D eigenvalue weighted by Gasteiger charge is -2.12. The van der Waals surface area contributed by atoms with Crippen molar-refractivity contribution in [3.8, 4) is 5.75 Å². The maximum Gasteiger partial charge on any atom is 0.119 e. The van der Waals surface area contributed by atoms with Gasteiger partial charge >= 0.3 is 0 Å². The molecule has 0 spiro atoms. The van der Waals surface area contributed by atoms with Crippen molar-refractivity contribution in [3.63, 3.8) is 0 Å². The molecule has 0 amide bonds. The van der Waals surface area contributed by atoms with E-state index in [9.17, 15) is 0 Å². The predicted molar refractivity (Wildman–Crippen MR) is 79.4 cm³/mol. The second kappa shape index (κ2) is 6.95. The zero-order valence-corrected chi connectivity index (χ0v) is 11.4. The van der Waals surface area contributed by atoms with Crippen molar-refractivity contribution in [2.75, 3.05) is 6.61 Å². The zero-order chi connectivity index (χ0) is 13.5. The van der Waals surface area contributed by atoms with Crippen molar-refractivity contribution in [1.82, 2.24) is 0 Å². The van der Waals surface area contributed by atoms with Crippen LogP contribution in [0.3, 0.4) is 0 Å². The Morgan fingerprint density at radius 2 is 1.84 bits per heavy atom. The molecule has 0 aliphatic heterocycles. The molecule has 0 saturated heterocycles. The molecule has 1 unspecified atom stereocenters. The van der Waals surface area contributed by atoms with E-state index in [1.54, 1.807) is 0 Å². The molecule has 2 N–H and O–H groups in total. The summed E-state index contributed by atoms with van der Waals surface area (Å²) in [7, 11) is 0. The van der Waals surface area contributed by atoms with Gasteiger partial charge in [0.25, 0.3) is 0 Å². The number of rotatable bonds is 6. The number of ether oxygens (including phenoxy) is 1.